The van der Waals surface area contributed by atoms with Crippen LogP contribution in [0.1, 0.15) is 45.9 Å². The van der Waals surface area contributed by atoms with Crippen molar-refractivity contribution in [3.63, 3.8) is 0 Å². The van der Waals surface area contributed by atoms with E-state index in [2.05, 4.69) is 248 Å². The Morgan fingerprint density at radius 1 is 0.369 bits per heavy atom. The summed E-state index contributed by atoms with van der Waals surface area (Å²) < 4.78 is 6.34. The van der Waals surface area contributed by atoms with Crippen molar-refractivity contribution in [1.29, 1.82) is 0 Å². The minimum Gasteiger partial charge on any atom is -0.456 e. The molecule has 2 aliphatic carbocycles. The van der Waals surface area contributed by atoms with Crippen LogP contribution in [0.3, 0.4) is 0 Å². The zero-order valence-corrected chi connectivity index (χ0v) is 35.9. The highest BCUT2D eigenvalue weighted by Gasteiger charge is 2.47. The SMILES string of the molecule is CC1(c2ccccc2)c2ccccc2-c2c(N(c3ccc(-c4cccc5oc6ccccc6c45)cc3)c3ccc4c(c3)C(c3ccccc3)(c3ccccc3)c3ccccc3-4)cccc21. The Kier molecular flexibility index (Phi) is 8.29. The number of hydrogen-bond acceptors (Lipinski definition) is 2. The molecule has 1 aromatic heterocycles. The molecule has 2 heteroatoms. The second-order valence-corrected chi connectivity index (χ2v) is 17.7. The van der Waals surface area contributed by atoms with Gasteiger partial charge < -0.3 is 9.32 Å². The Hall–Kier alpha value is -8.20. The summed E-state index contributed by atoms with van der Waals surface area (Å²) in [6.45, 7) is 2.40. The second-order valence-electron chi connectivity index (χ2n) is 17.7. The molecule has 0 amide bonds. The predicted molar refractivity (Wildman–Crippen MR) is 269 cm³/mol. The minimum atomic E-state index is -0.539. The molecule has 0 fully saturated rings. The van der Waals surface area contributed by atoms with Gasteiger partial charge in [-0.1, -0.05) is 200 Å². The fraction of sp³-hybridized carbons (Fsp3) is 0.0476. The third kappa shape index (κ3) is 5.35. The summed E-state index contributed by atoms with van der Waals surface area (Å²) in [7, 11) is 0. The molecule has 2 nitrogen and oxygen atoms in total. The van der Waals surface area contributed by atoms with Gasteiger partial charge >= 0.3 is 0 Å². The average molecular weight is 830 g/mol. The van der Waals surface area contributed by atoms with Crippen molar-refractivity contribution in [3.05, 3.63) is 282 Å². The van der Waals surface area contributed by atoms with Crippen molar-refractivity contribution in [2.24, 2.45) is 0 Å². The summed E-state index contributed by atoms with van der Waals surface area (Å²) in [6.07, 6.45) is 0. The van der Waals surface area contributed by atoms with Crippen LogP contribution in [0.2, 0.25) is 0 Å². The first-order chi connectivity index (χ1) is 32.1. The van der Waals surface area contributed by atoms with E-state index in [-0.39, 0.29) is 5.41 Å². The molecule has 65 heavy (non-hydrogen) atoms. The van der Waals surface area contributed by atoms with E-state index in [0.717, 1.165) is 50.1 Å². The lowest BCUT2D eigenvalue weighted by atomic mass is 9.67. The summed E-state index contributed by atoms with van der Waals surface area (Å²) in [5.74, 6) is 0. The second kappa shape index (κ2) is 14.4. The molecular weight excluding hydrogens is 787 g/mol. The molecule has 0 N–H and O–H groups in total. The highest BCUT2D eigenvalue weighted by atomic mass is 16.3. The summed E-state index contributed by atoms with van der Waals surface area (Å²) in [4.78, 5) is 2.51. The average Bonchev–Trinajstić information content (AvgIpc) is 4.00. The van der Waals surface area contributed by atoms with Gasteiger partial charge in [0.1, 0.15) is 11.2 Å². The lowest BCUT2D eigenvalue weighted by Crippen LogP contribution is -2.28. The molecule has 0 spiro atoms. The van der Waals surface area contributed by atoms with E-state index in [1.165, 1.54) is 61.2 Å². The maximum absolute atomic E-state index is 6.34. The molecule has 0 saturated heterocycles. The van der Waals surface area contributed by atoms with Gasteiger partial charge in [-0.3, -0.25) is 0 Å². The number of para-hydroxylation sites is 1. The van der Waals surface area contributed by atoms with Crippen molar-refractivity contribution < 1.29 is 4.42 Å². The van der Waals surface area contributed by atoms with Crippen LogP contribution in [-0.4, -0.2) is 0 Å². The van der Waals surface area contributed by atoms with Crippen LogP contribution in [0, 0.1) is 0 Å². The van der Waals surface area contributed by atoms with Crippen molar-refractivity contribution in [3.8, 4) is 33.4 Å². The van der Waals surface area contributed by atoms with Crippen LogP contribution in [0.4, 0.5) is 17.1 Å². The molecule has 2 aliphatic rings. The number of anilines is 3. The van der Waals surface area contributed by atoms with Crippen LogP contribution in [0.25, 0.3) is 55.3 Å². The first-order valence-electron chi connectivity index (χ1n) is 22.6. The van der Waals surface area contributed by atoms with E-state index in [9.17, 15) is 0 Å². The smallest absolute Gasteiger partial charge is 0.136 e. The highest BCUT2D eigenvalue weighted by molar-refractivity contribution is 6.12. The molecule has 10 aromatic carbocycles. The molecule has 13 rings (SSSR count). The summed E-state index contributed by atoms with van der Waals surface area (Å²) in [5, 5.41) is 2.27. The summed E-state index contributed by atoms with van der Waals surface area (Å²) >= 11 is 0. The fourth-order valence-corrected chi connectivity index (χ4v) is 11.6. The maximum Gasteiger partial charge on any atom is 0.136 e. The van der Waals surface area contributed by atoms with E-state index < -0.39 is 5.41 Å². The Labute approximate surface area is 379 Å². The van der Waals surface area contributed by atoms with Gasteiger partial charge in [0.25, 0.3) is 0 Å². The largest absolute Gasteiger partial charge is 0.456 e. The Balaban J connectivity index is 1.07. The van der Waals surface area contributed by atoms with Gasteiger partial charge in [0, 0.05) is 33.1 Å². The standard InChI is InChI=1S/C63H43NO/c1-62(43-19-5-2-6-20-43)53-29-14-12-26-51(53)61-55(62)31-18-32-57(61)64(46-37-35-42(36-38-46)48-28-17-34-59-60(48)52-27-13-16-33-58(52)65-59)47-39-40-50-49-25-11-15-30-54(49)63(56(50)41-47,44-21-7-3-8-22-44)45-23-9-4-10-24-45/h2-41H,1H3. The Morgan fingerprint density at radius 3 is 1.65 bits per heavy atom. The number of hydrogen-bond donors (Lipinski definition) is 0. The van der Waals surface area contributed by atoms with E-state index in [1.54, 1.807) is 0 Å². The monoisotopic (exact) mass is 829 g/mol. The lowest BCUT2D eigenvalue weighted by molar-refractivity contribution is 0.669. The minimum absolute atomic E-state index is 0.347. The van der Waals surface area contributed by atoms with Crippen LogP contribution in [-0.2, 0) is 10.8 Å². The van der Waals surface area contributed by atoms with Gasteiger partial charge in [0.2, 0.25) is 0 Å². The van der Waals surface area contributed by atoms with E-state index in [1.807, 2.05) is 6.07 Å². The fourth-order valence-electron chi connectivity index (χ4n) is 11.6. The number of fused-ring (bicyclic) bond motifs is 9. The normalized spacial score (nSPS) is 15.3. The van der Waals surface area contributed by atoms with Crippen molar-refractivity contribution >= 4 is 39.0 Å². The summed E-state index contributed by atoms with van der Waals surface area (Å²) in [6, 6.07) is 89.2. The van der Waals surface area contributed by atoms with E-state index in [4.69, 9.17) is 4.42 Å². The number of furan rings is 1. The molecule has 0 aliphatic heterocycles. The molecule has 0 radical (unpaired) electrons. The van der Waals surface area contributed by atoms with Crippen LogP contribution >= 0.6 is 0 Å². The Bertz CT molecular complexity index is 3570. The zero-order valence-electron chi connectivity index (χ0n) is 35.9. The zero-order chi connectivity index (χ0) is 43.1. The molecule has 11 aromatic rings. The molecule has 306 valence electrons. The topological polar surface area (TPSA) is 16.4 Å². The predicted octanol–water partition coefficient (Wildman–Crippen LogP) is 16.4. The van der Waals surface area contributed by atoms with Gasteiger partial charge in [0.15, 0.2) is 0 Å². The van der Waals surface area contributed by atoms with Crippen LogP contribution in [0.5, 0.6) is 0 Å². The van der Waals surface area contributed by atoms with Gasteiger partial charge in [-0.15, -0.1) is 0 Å². The van der Waals surface area contributed by atoms with Gasteiger partial charge in [-0.25, -0.2) is 0 Å². The molecule has 1 atom stereocenters. The molecule has 1 unspecified atom stereocenters. The first-order valence-corrected chi connectivity index (χ1v) is 22.6. The quantitative estimate of drug-likeness (QED) is 0.159. The highest BCUT2D eigenvalue weighted by Crippen LogP contribution is 2.60. The van der Waals surface area contributed by atoms with E-state index >= 15 is 0 Å². The van der Waals surface area contributed by atoms with Crippen molar-refractivity contribution in [2.45, 2.75) is 17.8 Å². The van der Waals surface area contributed by atoms with E-state index in [0.29, 0.717) is 0 Å². The molecule has 0 saturated carbocycles. The number of nitrogens with zero attached hydrogens (tertiary/aromatic N) is 1. The number of rotatable bonds is 7. The molecular formula is C63H43NO. The third-order valence-corrected chi connectivity index (χ3v) is 14.4. The van der Waals surface area contributed by atoms with Gasteiger partial charge in [-0.05, 0) is 116 Å². The number of benzene rings is 10. The Morgan fingerprint density at radius 2 is 0.908 bits per heavy atom. The van der Waals surface area contributed by atoms with Crippen LogP contribution in [0.15, 0.2) is 247 Å². The van der Waals surface area contributed by atoms with Gasteiger partial charge in [-0.2, -0.15) is 0 Å². The molecule has 1 heterocycles. The van der Waals surface area contributed by atoms with Gasteiger partial charge in [0.05, 0.1) is 11.1 Å². The summed E-state index contributed by atoms with van der Waals surface area (Å²) in [5.41, 5.74) is 20.6. The third-order valence-electron chi connectivity index (χ3n) is 14.4. The van der Waals surface area contributed by atoms with Crippen molar-refractivity contribution in [1.82, 2.24) is 0 Å². The first kappa shape index (κ1) is 37.4. The van der Waals surface area contributed by atoms with Crippen LogP contribution < -0.4 is 4.90 Å². The van der Waals surface area contributed by atoms with Crippen molar-refractivity contribution in [2.75, 3.05) is 4.90 Å². The lowest BCUT2D eigenvalue weighted by Gasteiger charge is -2.35. The molecule has 0 bridgehead atoms. The maximum atomic E-state index is 6.34.